The zero-order valence-corrected chi connectivity index (χ0v) is 12.2. The number of likely N-dealkylation sites (N-methyl/N-ethyl adjacent to an activating group) is 1. The number of benzene rings is 1. The fraction of sp³-hybridized carbons (Fsp3) is 0.500. The Hall–Kier alpha value is -2.15. The summed E-state index contributed by atoms with van der Waals surface area (Å²) in [7, 11) is 3.21. The minimum Gasteiger partial charge on any atom is -0.490 e. The van der Waals surface area contributed by atoms with E-state index in [1.165, 1.54) is 19.2 Å². The van der Waals surface area contributed by atoms with Crippen molar-refractivity contribution in [3.05, 3.63) is 33.9 Å². The molecule has 0 aliphatic carbocycles. The van der Waals surface area contributed by atoms with Gasteiger partial charge in [-0.25, -0.2) is 0 Å². The van der Waals surface area contributed by atoms with Crippen molar-refractivity contribution in [1.29, 1.82) is 0 Å². The molecule has 1 saturated heterocycles. The quantitative estimate of drug-likeness (QED) is 0.670. The topological polar surface area (TPSA) is 84.7 Å². The molecule has 0 spiro atoms. The third-order valence-corrected chi connectivity index (χ3v) is 3.74. The van der Waals surface area contributed by atoms with Crippen molar-refractivity contribution in [1.82, 2.24) is 10.2 Å². The van der Waals surface area contributed by atoms with Crippen molar-refractivity contribution >= 4 is 11.6 Å². The molecule has 0 aromatic heterocycles. The van der Waals surface area contributed by atoms with E-state index in [1.807, 2.05) is 7.05 Å². The van der Waals surface area contributed by atoms with Crippen molar-refractivity contribution in [2.75, 3.05) is 27.2 Å². The number of hydrogen-bond acceptors (Lipinski definition) is 5. The second-order valence-corrected chi connectivity index (χ2v) is 4.99. The van der Waals surface area contributed by atoms with Gasteiger partial charge in [-0.1, -0.05) is 6.07 Å². The van der Waals surface area contributed by atoms with E-state index < -0.39 is 4.92 Å². The Morgan fingerprint density at radius 2 is 2.29 bits per heavy atom. The monoisotopic (exact) mass is 293 g/mol. The van der Waals surface area contributed by atoms with Gasteiger partial charge in [0.25, 0.3) is 5.91 Å². The van der Waals surface area contributed by atoms with Gasteiger partial charge in [0.2, 0.25) is 5.75 Å². The number of piperidine rings is 1. The van der Waals surface area contributed by atoms with E-state index in [-0.39, 0.29) is 28.9 Å². The van der Waals surface area contributed by atoms with Crippen LogP contribution >= 0.6 is 0 Å². The first-order chi connectivity index (χ1) is 10.1. The number of ether oxygens (including phenoxy) is 1. The van der Waals surface area contributed by atoms with E-state index in [0.717, 1.165) is 12.8 Å². The molecule has 7 heteroatoms. The summed E-state index contributed by atoms with van der Waals surface area (Å²) in [6, 6.07) is 4.67. The predicted molar refractivity (Wildman–Crippen MR) is 77.6 cm³/mol. The first-order valence-corrected chi connectivity index (χ1v) is 6.86. The molecule has 0 saturated carbocycles. The molecule has 1 amide bonds. The SMILES string of the molecule is CNC1CCCN(C(=O)c2cccc([N+](=O)[O-])c2OC)C1. The minimum absolute atomic E-state index is 0.0269. The maximum atomic E-state index is 12.6. The van der Waals surface area contributed by atoms with Crippen molar-refractivity contribution in [2.24, 2.45) is 0 Å². The van der Waals surface area contributed by atoms with Crippen LogP contribution in [0.25, 0.3) is 0 Å². The van der Waals surface area contributed by atoms with Crippen LogP contribution in [0, 0.1) is 10.1 Å². The lowest BCUT2D eigenvalue weighted by Crippen LogP contribution is -2.47. The van der Waals surface area contributed by atoms with Gasteiger partial charge >= 0.3 is 5.69 Å². The molecular weight excluding hydrogens is 274 g/mol. The molecule has 1 N–H and O–H groups in total. The average molecular weight is 293 g/mol. The van der Waals surface area contributed by atoms with Crippen LogP contribution in [-0.2, 0) is 0 Å². The van der Waals surface area contributed by atoms with Crippen LogP contribution in [0.4, 0.5) is 5.69 Å². The highest BCUT2D eigenvalue weighted by Crippen LogP contribution is 2.31. The fourth-order valence-electron chi connectivity index (χ4n) is 2.62. The predicted octanol–water partition coefficient (Wildman–Crippen LogP) is 1.43. The van der Waals surface area contributed by atoms with E-state index >= 15 is 0 Å². The Labute approximate surface area is 123 Å². The Morgan fingerprint density at radius 1 is 1.52 bits per heavy atom. The number of amides is 1. The van der Waals surface area contributed by atoms with Crippen molar-refractivity contribution in [2.45, 2.75) is 18.9 Å². The molecular formula is C14H19N3O4. The van der Waals surface area contributed by atoms with E-state index in [2.05, 4.69) is 5.32 Å². The summed E-state index contributed by atoms with van der Waals surface area (Å²) in [6.07, 6.45) is 1.93. The summed E-state index contributed by atoms with van der Waals surface area (Å²) in [4.78, 5) is 24.8. The van der Waals surface area contributed by atoms with Crippen LogP contribution in [0.2, 0.25) is 0 Å². The largest absolute Gasteiger partial charge is 0.490 e. The van der Waals surface area contributed by atoms with Gasteiger partial charge in [0, 0.05) is 25.2 Å². The van der Waals surface area contributed by atoms with E-state index in [4.69, 9.17) is 4.74 Å². The van der Waals surface area contributed by atoms with Gasteiger partial charge in [0.15, 0.2) is 0 Å². The second-order valence-electron chi connectivity index (χ2n) is 4.99. The Kier molecular flexibility index (Phi) is 4.74. The normalized spacial score (nSPS) is 18.4. The molecule has 2 rings (SSSR count). The summed E-state index contributed by atoms with van der Waals surface area (Å²) in [6.45, 7) is 1.25. The van der Waals surface area contributed by atoms with E-state index in [1.54, 1.807) is 11.0 Å². The molecule has 7 nitrogen and oxygen atoms in total. The highest BCUT2D eigenvalue weighted by molar-refractivity contribution is 5.98. The molecule has 0 radical (unpaired) electrons. The average Bonchev–Trinajstić information content (AvgIpc) is 2.53. The number of carbonyl (C=O) groups excluding carboxylic acids is 1. The van der Waals surface area contributed by atoms with Gasteiger partial charge in [-0.05, 0) is 26.0 Å². The minimum atomic E-state index is -0.539. The molecule has 1 aromatic rings. The molecule has 114 valence electrons. The van der Waals surface area contributed by atoms with Crippen LogP contribution < -0.4 is 10.1 Å². The van der Waals surface area contributed by atoms with Gasteiger partial charge < -0.3 is 15.0 Å². The summed E-state index contributed by atoms with van der Waals surface area (Å²) in [5.74, 6) is -0.199. The number of hydrogen-bond donors (Lipinski definition) is 1. The fourth-order valence-corrected chi connectivity index (χ4v) is 2.62. The van der Waals surface area contributed by atoms with Crippen molar-refractivity contribution in [3.63, 3.8) is 0 Å². The highest BCUT2D eigenvalue weighted by atomic mass is 16.6. The second kappa shape index (κ2) is 6.53. The zero-order valence-electron chi connectivity index (χ0n) is 12.2. The third-order valence-electron chi connectivity index (χ3n) is 3.74. The van der Waals surface area contributed by atoms with Gasteiger partial charge in [0.1, 0.15) is 0 Å². The summed E-state index contributed by atoms with van der Waals surface area (Å²) < 4.78 is 5.10. The summed E-state index contributed by atoms with van der Waals surface area (Å²) in [5, 5.41) is 14.2. The number of carbonyl (C=O) groups is 1. The molecule has 21 heavy (non-hydrogen) atoms. The number of nitro benzene ring substituents is 1. The third kappa shape index (κ3) is 3.13. The molecule has 1 unspecified atom stereocenters. The van der Waals surface area contributed by atoms with Gasteiger partial charge in [-0.15, -0.1) is 0 Å². The molecule has 1 fully saturated rings. The smallest absolute Gasteiger partial charge is 0.311 e. The molecule has 1 aliphatic rings. The standard InChI is InChI=1S/C14H19N3O4/c1-15-10-5-4-8-16(9-10)14(18)11-6-3-7-12(17(19)20)13(11)21-2/h3,6-7,10,15H,4-5,8-9H2,1-2H3. The van der Waals surface area contributed by atoms with Crippen LogP contribution in [-0.4, -0.2) is 49.0 Å². The maximum Gasteiger partial charge on any atom is 0.311 e. The van der Waals surface area contributed by atoms with Gasteiger partial charge in [0.05, 0.1) is 17.6 Å². The first kappa shape index (κ1) is 15.2. The Bertz CT molecular complexity index is 547. The molecule has 1 heterocycles. The van der Waals surface area contributed by atoms with Crippen LogP contribution in [0.1, 0.15) is 23.2 Å². The number of para-hydroxylation sites is 1. The number of nitrogens with zero attached hydrogens (tertiary/aromatic N) is 2. The summed E-state index contributed by atoms with van der Waals surface area (Å²) in [5.41, 5.74) is 0.0500. The molecule has 0 bridgehead atoms. The highest BCUT2D eigenvalue weighted by Gasteiger charge is 2.28. The lowest BCUT2D eigenvalue weighted by molar-refractivity contribution is -0.385. The number of methoxy groups -OCH3 is 1. The Balaban J connectivity index is 2.30. The van der Waals surface area contributed by atoms with Gasteiger partial charge in [-0.3, -0.25) is 14.9 Å². The Morgan fingerprint density at radius 3 is 2.90 bits per heavy atom. The van der Waals surface area contributed by atoms with E-state index in [0.29, 0.717) is 13.1 Å². The summed E-state index contributed by atoms with van der Waals surface area (Å²) >= 11 is 0. The van der Waals surface area contributed by atoms with Crippen LogP contribution in [0.15, 0.2) is 18.2 Å². The van der Waals surface area contributed by atoms with E-state index in [9.17, 15) is 14.9 Å². The molecule has 1 aromatic carbocycles. The zero-order chi connectivity index (χ0) is 15.4. The van der Waals surface area contributed by atoms with Gasteiger partial charge in [-0.2, -0.15) is 0 Å². The number of nitro groups is 1. The lowest BCUT2D eigenvalue weighted by atomic mass is 10.0. The number of rotatable bonds is 4. The maximum absolute atomic E-state index is 12.6. The van der Waals surface area contributed by atoms with Crippen molar-refractivity contribution in [3.8, 4) is 5.75 Å². The molecule has 1 aliphatic heterocycles. The van der Waals surface area contributed by atoms with Crippen LogP contribution in [0.3, 0.4) is 0 Å². The lowest BCUT2D eigenvalue weighted by Gasteiger charge is -2.32. The van der Waals surface area contributed by atoms with Crippen LogP contribution in [0.5, 0.6) is 5.75 Å². The van der Waals surface area contributed by atoms with Crippen molar-refractivity contribution < 1.29 is 14.5 Å². The number of likely N-dealkylation sites (tertiary alicyclic amines) is 1. The first-order valence-electron chi connectivity index (χ1n) is 6.86. The number of nitrogens with one attached hydrogen (secondary N) is 1. The molecule has 1 atom stereocenters.